The first-order valence-electron chi connectivity index (χ1n) is 7.05. The van der Waals surface area contributed by atoms with Gasteiger partial charge < -0.3 is 10.6 Å². The zero-order chi connectivity index (χ0) is 14.5. The van der Waals surface area contributed by atoms with E-state index in [4.69, 9.17) is 0 Å². The molecule has 0 amide bonds. The lowest BCUT2D eigenvalue weighted by Gasteiger charge is -2.10. The van der Waals surface area contributed by atoms with Crippen molar-refractivity contribution < 1.29 is 0 Å². The third kappa shape index (κ3) is 3.70. The molecule has 0 fully saturated rings. The predicted molar refractivity (Wildman–Crippen MR) is 84.7 cm³/mol. The Morgan fingerprint density at radius 3 is 2.40 bits per heavy atom. The molecule has 0 unspecified atom stereocenters. The van der Waals surface area contributed by atoms with Gasteiger partial charge in [0, 0.05) is 24.0 Å². The first kappa shape index (κ1) is 14.3. The molecule has 0 aliphatic carbocycles. The van der Waals surface area contributed by atoms with Gasteiger partial charge in [0.2, 0.25) is 5.95 Å². The molecular weight excluding hydrogens is 248 g/mol. The fourth-order valence-corrected chi connectivity index (χ4v) is 1.97. The summed E-state index contributed by atoms with van der Waals surface area (Å²) < 4.78 is 0. The molecule has 4 nitrogen and oxygen atoms in total. The van der Waals surface area contributed by atoms with E-state index >= 15 is 0 Å². The van der Waals surface area contributed by atoms with Gasteiger partial charge in [-0.2, -0.15) is 4.98 Å². The van der Waals surface area contributed by atoms with Crippen LogP contribution in [0.25, 0.3) is 0 Å². The molecule has 0 aliphatic rings. The summed E-state index contributed by atoms with van der Waals surface area (Å²) in [5, 5.41) is 6.45. The Kier molecular flexibility index (Phi) is 4.56. The Labute approximate surface area is 120 Å². The van der Waals surface area contributed by atoms with Crippen LogP contribution in [-0.2, 0) is 0 Å². The Morgan fingerprint density at radius 2 is 1.80 bits per heavy atom. The lowest BCUT2D eigenvalue weighted by Crippen LogP contribution is -2.05. The monoisotopic (exact) mass is 270 g/mol. The number of aryl methyl sites for hydroxylation is 1. The quantitative estimate of drug-likeness (QED) is 0.859. The van der Waals surface area contributed by atoms with E-state index in [-0.39, 0.29) is 0 Å². The second-order valence-corrected chi connectivity index (χ2v) is 5.15. The van der Waals surface area contributed by atoms with Crippen molar-refractivity contribution in [2.24, 2.45) is 0 Å². The zero-order valence-electron chi connectivity index (χ0n) is 12.6. The molecule has 2 N–H and O–H groups in total. The zero-order valence-corrected chi connectivity index (χ0v) is 12.6. The minimum atomic E-state index is 0.547. The average molecular weight is 270 g/mol. The highest BCUT2D eigenvalue weighted by molar-refractivity contribution is 5.58. The molecule has 0 saturated carbocycles. The highest BCUT2D eigenvalue weighted by Crippen LogP contribution is 2.20. The molecule has 1 heterocycles. The van der Waals surface area contributed by atoms with Crippen LogP contribution in [0.1, 0.15) is 37.9 Å². The molecule has 0 radical (unpaired) electrons. The third-order valence-corrected chi connectivity index (χ3v) is 3.04. The van der Waals surface area contributed by atoms with Gasteiger partial charge in [0.25, 0.3) is 0 Å². The van der Waals surface area contributed by atoms with Gasteiger partial charge in [-0.3, -0.25) is 0 Å². The van der Waals surface area contributed by atoms with Gasteiger partial charge >= 0.3 is 0 Å². The van der Waals surface area contributed by atoms with Crippen molar-refractivity contribution in [2.45, 2.75) is 33.6 Å². The number of aromatic nitrogens is 2. The molecule has 2 aromatic rings. The summed E-state index contributed by atoms with van der Waals surface area (Å²) in [6.07, 6.45) is 0. The molecule has 4 heteroatoms. The van der Waals surface area contributed by atoms with Gasteiger partial charge in [0.05, 0.1) is 0 Å². The Balaban J connectivity index is 2.16. The second-order valence-electron chi connectivity index (χ2n) is 5.15. The first-order chi connectivity index (χ1) is 9.58. The molecule has 0 saturated heterocycles. The summed E-state index contributed by atoms with van der Waals surface area (Å²) >= 11 is 0. The molecule has 20 heavy (non-hydrogen) atoms. The van der Waals surface area contributed by atoms with E-state index in [2.05, 4.69) is 58.7 Å². The highest BCUT2D eigenvalue weighted by atomic mass is 15.1. The average Bonchev–Trinajstić information content (AvgIpc) is 2.39. The maximum absolute atomic E-state index is 4.44. The van der Waals surface area contributed by atoms with Crippen LogP contribution in [-0.4, -0.2) is 16.5 Å². The summed E-state index contributed by atoms with van der Waals surface area (Å²) in [6.45, 7) is 9.20. The molecule has 1 aromatic heterocycles. The molecule has 106 valence electrons. The van der Waals surface area contributed by atoms with E-state index in [1.54, 1.807) is 0 Å². The van der Waals surface area contributed by atoms with Crippen LogP contribution in [0.15, 0.2) is 30.3 Å². The normalized spacial score (nSPS) is 10.7. The number of nitrogens with zero attached hydrogens (tertiary/aromatic N) is 2. The number of hydrogen-bond acceptors (Lipinski definition) is 4. The van der Waals surface area contributed by atoms with Crippen LogP contribution in [0.4, 0.5) is 17.5 Å². The van der Waals surface area contributed by atoms with Crippen molar-refractivity contribution in [3.8, 4) is 0 Å². The smallest absolute Gasteiger partial charge is 0.224 e. The summed E-state index contributed by atoms with van der Waals surface area (Å²) in [4.78, 5) is 8.78. The maximum atomic E-state index is 4.44. The molecule has 2 rings (SSSR count). The van der Waals surface area contributed by atoms with Gasteiger partial charge in [-0.25, -0.2) is 4.98 Å². The lowest BCUT2D eigenvalue weighted by atomic mass is 10.0. The van der Waals surface area contributed by atoms with Crippen LogP contribution >= 0.6 is 0 Å². The standard InChI is InChI=1S/C16H22N4/c1-5-17-16-18-12(4)10-15(20-16)19-14-8-6-13(7-9-14)11(2)3/h6-11H,5H2,1-4H3,(H2,17,18,19,20). The number of nitrogens with one attached hydrogen (secondary N) is 2. The van der Waals surface area contributed by atoms with Crippen LogP contribution in [0.3, 0.4) is 0 Å². The lowest BCUT2D eigenvalue weighted by molar-refractivity contribution is 0.867. The van der Waals surface area contributed by atoms with Gasteiger partial charge in [0.1, 0.15) is 5.82 Å². The van der Waals surface area contributed by atoms with E-state index in [1.807, 2.05) is 19.9 Å². The van der Waals surface area contributed by atoms with Crippen molar-refractivity contribution in [2.75, 3.05) is 17.2 Å². The van der Waals surface area contributed by atoms with E-state index in [1.165, 1.54) is 5.56 Å². The van der Waals surface area contributed by atoms with Gasteiger partial charge in [-0.05, 0) is 37.5 Å². The molecule has 0 atom stereocenters. The highest BCUT2D eigenvalue weighted by Gasteiger charge is 2.03. The fraction of sp³-hybridized carbons (Fsp3) is 0.375. The predicted octanol–water partition coefficient (Wildman–Crippen LogP) is 4.08. The molecule has 0 aliphatic heterocycles. The number of benzene rings is 1. The largest absolute Gasteiger partial charge is 0.354 e. The van der Waals surface area contributed by atoms with Crippen molar-refractivity contribution >= 4 is 17.5 Å². The topological polar surface area (TPSA) is 49.8 Å². The Bertz CT molecular complexity index is 561. The fourth-order valence-electron chi connectivity index (χ4n) is 1.97. The number of hydrogen-bond donors (Lipinski definition) is 2. The van der Waals surface area contributed by atoms with Crippen molar-refractivity contribution in [3.05, 3.63) is 41.6 Å². The van der Waals surface area contributed by atoms with E-state index in [9.17, 15) is 0 Å². The molecule has 0 bridgehead atoms. The van der Waals surface area contributed by atoms with Crippen LogP contribution < -0.4 is 10.6 Å². The summed E-state index contributed by atoms with van der Waals surface area (Å²) in [5.74, 6) is 2.02. The Morgan fingerprint density at radius 1 is 1.10 bits per heavy atom. The van der Waals surface area contributed by atoms with Gasteiger partial charge in [-0.1, -0.05) is 26.0 Å². The van der Waals surface area contributed by atoms with Gasteiger partial charge in [-0.15, -0.1) is 0 Å². The number of anilines is 3. The maximum Gasteiger partial charge on any atom is 0.224 e. The van der Waals surface area contributed by atoms with Crippen LogP contribution in [0.5, 0.6) is 0 Å². The van der Waals surface area contributed by atoms with Crippen molar-refractivity contribution in [3.63, 3.8) is 0 Å². The molecule has 1 aromatic carbocycles. The van der Waals surface area contributed by atoms with E-state index in [0.29, 0.717) is 11.9 Å². The second kappa shape index (κ2) is 6.37. The van der Waals surface area contributed by atoms with Crippen LogP contribution in [0.2, 0.25) is 0 Å². The van der Waals surface area contributed by atoms with Crippen molar-refractivity contribution in [1.29, 1.82) is 0 Å². The minimum absolute atomic E-state index is 0.547. The van der Waals surface area contributed by atoms with Gasteiger partial charge in [0.15, 0.2) is 0 Å². The molecule has 0 spiro atoms. The minimum Gasteiger partial charge on any atom is -0.354 e. The SMILES string of the molecule is CCNc1nc(C)cc(Nc2ccc(C(C)C)cc2)n1. The molecular formula is C16H22N4. The summed E-state index contributed by atoms with van der Waals surface area (Å²) in [6, 6.07) is 10.4. The summed E-state index contributed by atoms with van der Waals surface area (Å²) in [7, 11) is 0. The van der Waals surface area contributed by atoms with E-state index < -0.39 is 0 Å². The van der Waals surface area contributed by atoms with Crippen LogP contribution in [0, 0.1) is 6.92 Å². The van der Waals surface area contributed by atoms with Crippen molar-refractivity contribution in [1.82, 2.24) is 9.97 Å². The third-order valence-electron chi connectivity index (χ3n) is 3.04. The number of rotatable bonds is 5. The first-order valence-corrected chi connectivity index (χ1v) is 7.05. The summed E-state index contributed by atoms with van der Waals surface area (Å²) in [5.41, 5.74) is 3.31. The van der Waals surface area contributed by atoms with E-state index in [0.717, 1.165) is 23.7 Å². The Hall–Kier alpha value is -2.10.